The van der Waals surface area contributed by atoms with Gasteiger partial charge in [0.15, 0.2) is 0 Å². The molecule has 0 radical (unpaired) electrons. The van der Waals surface area contributed by atoms with Gasteiger partial charge in [-0.3, -0.25) is 0 Å². The zero-order valence-corrected chi connectivity index (χ0v) is 20.4. The molecule has 33 heavy (non-hydrogen) atoms. The van der Waals surface area contributed by atoms with Crippen molar-refractivity contribution in [2.75, 3.05) is 0 Å². The minimum atomic E-state index is -3.55. The summed E-state index contributed by atoms with van der Waals surface area (Å²) >= 11 is -3.55. The van der Waals surface area contributed by atoms with Gasteiger partial charge in [-0.25, -0.2) is 0 Å². The molecule has 5 aromatic rings. The Hall–Kier alpha value is -3.40. The second-order valence-corrected chi connectivity index (χ2v) is 15.4. The molecule has 0 aliphatic heterocycles. The van der Waals surface area contributed by atoms with Crippen LogP contribution in [0.5, 0.6) is 0 Å². The first kappa shape index (κ1) is 20.2. The standard InChI is InChI=1S/C31H24GeO/c1-4-14-24(15-5-1)32(25-16-6-2-7-17-25,26-18-8-3-9-19-26)33-31-29-22-12-10-20-27(29)28-21-11-13-23-30(28)31/h1-23,31H. The third-order valence-corrected chi connectivity index (χ3v) is 15.1. The number of benzene rings is 5. The Morgan fingerprint density at radius 3 is 1.12 bits per heavy atom. The van der Waals surface area contributed by atoms with E-state index in [0.29, 0.717) is 0 Å². The molecule has 2 heteroatoms. The zero-order chi connectivity index (χ0) is 22.1. The van der Waals surface area contributed by atoms with E-state index in [2.05, 4.69) is 140 Å². The van der Waals surface area contributed by atoms with Crippen LogP contribution in [0.15, 0.2) is 140 Å². The second-order valence-electron chi connectivity index (χ2n) is 8.45. The van der Waals surface area contributed by atoms with Gasteiger partial charge in [0.2, 0.25) is 0 Å². The van der Waals surface area contributed by atoms with Crippen molar-refractivity contribution in [1.29, 1.82) is 0 Å². The molecule has 0 N–H and O–H groups in total. The number of rotatable bonds is 5. The molecule has 0 saturated heterocycles. The van der Waals surface area contributed by atoms with E-state index in [1.807, 2.05) is 0 Å². The summed E-state index contributed by atoms with van der Waals surface area (Å²) in [4.78, 5) is 0. The van der Waals surface area contributed by atoms with Crippen LogP contribution in [0.4, 0.5) is 0 Å². The molecule has 0 aromatic heterocycles. The van der Waals surface area contributed by atoms with E-state index < -0.39 is 13.6 Å². The molecule has 0 saturated carbocycles. The molecule has 0 amide bonds. The summed E-state index contributed by atoms with van der Waals surface area (Å²) < 4.78 is 11.5. The molecule has 0 fully saturated rings. The van der Waals surface area contributed by atoms with Gasteiger partial charge >= 0.3 is 198 Å². The first-order valence-electron chi connectivity index (χ1n) is 11.4. The predicted molar refractivity (Wildman–Crippen MR) is 139 cm³/mol. The van der Waals surface area contributed by atoms with Crippen LogP contribution in [-0.4, -0.2) is 13.6 Å². The summed E-state index contributed by atoms with van der Waals surface area (Å²) in [5.74, 6) is 0. The second kappa shape index (κ2) is 8.51. The van der Waals surface area contributed by atoms with Crippen molar-refractivity contribution in [3.8, 4) is 11.1 Å². The van der Waals surface area contributed by atoms with Gasteiger partial charge in [-0.2, -0.15) is 0 Å². The molecule has 5 aromatic carbocycles. The summed E-state index contributed by atoms with van der Waals surface area (Å²) in [6, 6.07) is 50.1. The van der Waals surface area contributed by atoms with Gasteiger partial charge < -0.3 is 0 Å². The molecule has 158 valence electrons. The molecule has 6 rings (SSSR count). The van der Waals surface area contributed by atoms with E-state index in [0.717, 1.165) is 0 Å². The molecule has 1 aliphatic rings. The van der Waals surface area contributed by atoms with Gasteiger partial charge in [0.05, 0.1) is 0 Å². The summed E-state index contributed by atoms with van der Waals surface area (Å²) in [6.45, 7) is 0. The third kappa shape index (κ3) is 3.36. The molecule has 0 heterocycles. The van der Waals surface area contributed by atoms with Crippen molar-refractivity contribution in [2.24, 2.45) is 0 Å². The van der Waals surface area contributed by atoms with E-state index in [9.17, 15) is 0 Å². The Balaban J connectivity index is 1.63. The van der Waals surface area contributed by atoms with Gasteiger partial charge in [-0.15, -0.1) is 0 Å². The van der Waals surface area contributed by atoms with Crippen LogP contribution in [0.3, 0.4) is 0 Å². The van der Waals surface area contributed by atoms with E-state index in [4.69, 9.17) is 3.76 Å². The Kier molecular flexibility index (Phi) is 5.22. The van der Waals surface area contributed by atoms with Crippen LogP contribution in [0, 0.1) is 0 Å². The van der Waals surface area contributed by atoms with Crippen molar-refractivity contribution >= 4 is 26.8 Å². The SMILES string of the molecule is c1cc[c]([Ge]([O]C2c3ccccc3-c3ccccc32)([c]2ccccc2)[c]2ccccc2)cc1. The first-order chi connectivity index (χ1) is 16.4. The van der Waals surface area contributed by atoms with Crippen molar-refractivity contribution in [2.45, 2.75) is 6.10 Å². The Morgan fingerprint density at radius 2 is 0.727 bits per heavy atom. The van der Waals surface area contributed by atoms with Crippen molar-refractivity contribution < 1.29 is 3.76 Å². The van der Waals surface area contributed by atoms with Crippen LogP contribution in [0.1, 0.15) is 17.2 Å². The van der Waals surface area contributed by atoms with Gasteiger partial charge in [0, 0.05) is 0 Å². The molecule has 1 nitrogen and oxygen atoms in total. The molecule has 0 atom stereocenters. The molecule has 0 bridgehead atoms. The fourth-order valence-corrected chi connectivity index (χ4v) is 13.5. The Morgan fingerprint density at radius 1 is 0.394 bits per heavy atom. The molecule has 0 spiro atoms. The quantitative estimate of drug-likeness (QED) is 0.302. The number of hydrogen-bond acceptors (Lipinski definition) is 1. The van der Waals surface area contributed by atoms with E-state index in [1.54, 1.807) is 0 Å². The fraction of sp³-hybridized carbons (Fsp3) is 0.0323. The number of hydrogen-bond donors (Lipinski definition) is 0. The van der Waals surface area contributed by atoms with Gasteiger partial charge in [-0.05, 0) is 0 Å². The molecular formula is C31H24GeO. The summed E-state index contributed by atoms with van der Waals surface area (Å²) in [6.07, 6.45) is -0.0991. The predicted octanol–water partition coefficient (Wildman–Crippen LogP) is 5.44. The normalized spacial score (nSPS) is 12.8. The first-order valence-corrected chi connectivity index (χ1v) is 15.4. The summed E-state index contributed by atoms with van der Waals surface area (Å²) in [7, 11) is 0. The van der Waals surface area contributed by atoms with Gasteiger partial charge in [0.25, 0.3) is 0 Å². The average molecular weight is 485 g/mol. The van der Waals surface area contributed by atoms with Crippen LogP contribution in [0.25, 0.3) is 11.1 Å². The minimum absolute atomic E-state index is 0.0991. The molecule has 1 aliphatic carbocycles. The van der Waals surface area contributed by atoms with Crippen molar-refractivity contribution in [3.05, 3.63) is 151 Å². The van der Waals surface area contributed by atoms with Gasteiger partial charge in [-0.1, -0.05) is 0 Å². The van der Waals surface area contributed by atoms with E-state index in [1.165, 1.54) is 35.4 Å². The van der Waals surface area contributed by atoms with E-state index in [-0.39, 0.29) is 6.10 Å². The van der Waals surface area contributed by atoms with E-state index >= 15 is 0 Å². The van der Waals surface area contributed by atoms with Crippen molar-refractivity contribution in [1.82, 2.24) is 0 Å². The van der Waals surface area contributed by atoms with Crippen LogP contribution < -0.4 is 13.2 Å². The van der Waals surface area contributed by atoms with Crippen LogP contribution >= 0.6 is 0 Å². The topological polar surface area (TPSA) is 9.23 Å². The summed E-state index contributed by atoms with van der Waals surface area (Å²) in [5, 5.41) is 0. The van der Waals surface area contributed by atoms with Crippen LogP contribution in [-0.2, 0) is 3.76 Å². The van der Waals surface area contributed by atoms with Gasteiger partial charge in [0.1, 0.15) is 0 Å². The Bertz CT molecular complexity index is 1240. The fourth-order valence-electron chi connectivity index (χ4n) is 5.14. The summed E-state index contributed by atoms with van der Waals surface area (Å²) in [5.41, 5.74) is 5.08. The van der Waals surface area contributed by atoms with Crippen LogP contribution in [0.2, 0.25) is 0 Å². The average Bonchev–Trinajstić information content (AvgIpc) is 3.22. The monoisotopic (exact) mass is 486 g/mol. The maximum atomic E-state index is 7.60. The molecular weight excluding hydrogens is 461 g/mol. The number of fused-ring (bicyclic) bond motifs is 3. The third-order valence-electron chi connectivity index (χ3n) is 6.61. The molecule has 0 unspecified atom stereocenters. The zero-order valence-electron chi connectivity index (χ0n) is 18.3. The Labute approximate surface area is 198 Å². The van der Waals surface area contributed by atoms with Crippen molar-refractivity contribution in [3.63, 3.8) is 0 Å². The maximum absolute atomic E-state index is 7.60.